The van der Waals surface area contributed by atoms with E-state index < -0.39 is 9.84 Å². The van der Waals surface area contributed by atoms with Crippen molar-refractivity contribution in [2.45, 2.75) is 30.2 Å². The second-order valence-electron chi connectivity index (χ2n) is 7.16. The summed E-state index contributed by atoms with van der Waals surface area (Å²) in [7, 11) is -1.48. The fourth-order valence-corrected chi connectivity index (χ4v) is 4.10. The average Bonchev–Trinajstić information content (AvgIpc) is 2.67. The first-order chi connectivity index (χ1) is 12.9. The van der Waals surface area contributed by atoms with Gasteiger partial charge in [-0.3, -0.25) is 0 Å². The van der Waals surface area contributed by atoms with Crippen LogP contribution in [0.2, 0.25) is 0 Å². The molecule has 2 aromatic rings. The number of sulfone groups is 1. The van der Waals surface area contributed by atoms with Crippen molar-refractivity contribution in [3.05, 3.63) is 54.1 Å². The van der Waals surface area contributed by atoms with Gasteiger partial charge in [0.2, 0.25) is 0 Å². The molecule has 0 bridgehead atoms. The van der Waals surface area contributed by atoms with E-state index in [2.05, 4.69) is 22.3 Å². The molecule has 0 saturated carbocycles. The van der Waals surface area contributed by atoms with Crippen LogP contribution in [0.1, 0.15) is 18.4 Å². The highest BCUT2D eigenvalue weighted by Gasteiger charge is 2.19. The minimum atomic E-state index is -3.17. The second-order valence-corrected chi connectivity index (χ2v) is 9.17. The quantitative estimate of drug-likeness (QED) is 0.789. The van der Waals surface area contributed by atoms with Gasteiger partial charge < -0.3 is 15.0 Å². The van der Waals surface area contributed by atoms with E-state index in [9.17, 15) is 8.42 Å². The molecule has 146 valence electrons. The monoisotopic (exact) mass is 388 g/mol. The summed E-state index contributed by atoms with van der Waals surface area (Å²) >= 11 is 0. The van der Waals surface area contributed by atoms with E-state index in [-0.39, 0.29) is 0 Å². The van der Waals surface area contributed by atoms with E-state index in [1.54, 1.807) is 25.3 Å². The molecular formula is C21H28N2O3S. The molecule has 0 radical (unpaired) electrons. The smallest absolute Gasteiger partial charge is 0.175 e. The maximum atomic E-state index is 11.7. The first-order valence-electron chi connectivity index (χ1n) is 9.36. The summed E-state index contributed by atoms with van der Waals surface area (Å²) < 4.78 is 28.6. The topological polar surface area (TPSA) is 58.6 Å². The molecule has 1 aliphatic heterocycles. The summed E-state index contributed by atoms with van der Waals surface area (Å²) in [4.78, 5) is 2.86. The summed E-state index contributed by atoms with van der Waals surface area (Å²) in [6.07, 6.45) is 4.41. The van der Waals surface area contributed by atoms with Crippen molar-refractivity contribution in [2.24, 2.45) is 0 Å². The van der Waals surface area contributed by atoms with Gasteiger partial charge in [0.05, 0.1) is 12.0 Å². The van der Waals surface area contributed by atoms with Crippen LogP contribution >= 0.6 is 0 Å². The van der Waals surface area contributed by atoms with E-state index in [0.29, 0.717) is 10.9 Å². The van der Waals surface area contributed by atoms with Crippen LogP contribution in [0.25, 0.3) is 0 Å². The third-order valence-electron chi connectivity index (χ3n) is 5.10. The van der Waals surface area contributed by atoms with Crippen molar-refractivity contribution >= 4 is 15.5 Å². The molecule has 0 unspecified atom stereocenters. The zero-order valence-electron chi connectivity index (χ0n) is 16.0. The SMILES string of the molecule is COc1ccc(CCN2CCC(Nc3cccc(S(C)(=O)=O)c3)CC2)cc1. The molecule has 27 heavy (non-hydrogen) atoms. The Morgan fingerprint density at radius 1 is 1.11 bits per heavy atom. The lowest BCUT2D eigenvalue weighted by molar-refractivity contribution is 0.221. The fourth-order valence-electron chi connectivity index (χ4n) is 3.43. The Bertz CT molecular complexity index is 842. The minimum absolute atomic E-state index is 0.365. The van der Waals surface area contributed by atoms with Gasteiger partial charge in [0, 0.05) is 37.6 Å². The van der Waals surface area contributed by atoms with Crippen molar-refractivity contribution in [3.8, 4) is 5.75 Å². The zero-order valence-corrected chi connectivity index (χ0v) is 16.8. The van der Waals surface area contributed by atoms with Crippen LogP contribution in [0.4, 0.5) is 5.69 Å². The van der Waals surface area contributed by atoms with Crippen molar-refractivity contribution in [3.63, 3.8) is 0 Å². The number of ether oxygens (including phenoxy) is 1. The number of piperidine rings is 1. The summed E-state index contributed by atoms with van der Waals surface area (Å²) in [5, 5.41) is 3.50. The van der Waals surface area contributed by atoms with Gasteiger partial charge in [0.25, 0.3) is 0 Å². The first-order valence-corrected chi connectivity index (χ1v) is 11.2. The first kappa shape index (κ1) is 19.7. The molecular weight excluding hydrogens is 360 g/mol. The summed E-state index contributed by atoms with van der Waals surface area (Å²) in [6, 6.07) is 15.8. The Morgan fingerprint density at radius 3 is 2.44 bits per heavy atom. The molecule has 5 nitrogen and oxygen atoms in total. The molecule has 2 aromatic carbocycles. The van der Waals surface area contributed by atoms with Crippen LogP contribution in [0.5, 0.6) is 5.75 Å². The lowest BCUT2D eigenvalue weighted by Gasteiger charge is -2.33. The summed E-state index contributed by atoms with van der Waals surface area (Å²) in [5.74, 6) is 0.894. The van der Waals surface area contributed by atoms with E-state index in [1.165, 1.54) is 11.8 Å². The summed E-state index contributed by atoms with van der Waals surface area (Å²) in [6.45, 7) is 3.17. The van der Waals surface area contributed by atoms with Crippen LogP contribution in [0, 0.1) is 0 Å². The predicted octanol–water partition coefficient (Wildman–Crippen LogP) is 3.22. The number of nitrogens with one attached hydrogen (secondary N) is 1. The van der Waals surface area contributed by atoms with Crippen LogP contribution in [-0.4, -0.2) is 52.4 Å². The predicted molar refractivity (Wildman–Crippen MR) is 109 cm³/mol. The van der Waals surface area contributed by atoms with E-state index in [1.807, 2.05) is 18.2 Å². The molecule has 0 atom stereocenters. The van der Waals surface area contributed by atoms with Crippen molar-refractivity contribution in [1.82, 2.24) is 4.90 Å². The molecule has 0 aliphatic carbocycles. The maximum absolute atomic E-state index is 11.7. The number of hydrogen-bond acceptors (Lipinski definition) is 5. The number of rotatable bonds is 7. The molecule has 1 saturated heterocycles. The van der Waals surface area contributed by atoms with Gasteiger partial charge in [-0.05, 0) is 55.2 Å². The Kier molecular flexibility index (Phi) is 6.39. The molecule has 0 amide bonds. The molecule has 0 aromatic heterocycles. The maximum Gasteiger partial charge on any atom is 0.175 e. The van der Waals surface area contributed by atoms with E-state index >= 15 is 0 Å². The highest BCUT2D eigenvalue weighted by molar-refractivity contribution is 7.90. The van der Waals surface area contributed by atoms with Crippen LogP contribution < -0.4 is 10.1 Å². The lowest BCUT2D eigenvalue weighted by atomic mass is 10.0. The molecule has 3 rings (SSSR count). The number of hydrogen-bond donors (Lipinski definition) is 1. The van der Waals surface area contributed by atoms with E-state index in [0.717, 1.165) is 50.3 Å². The number of anilines is 1. The van der Waals surface area contributed by atoms with Crippen LogP contribution in [0.15, 0.2) is 53.4 Å². The van der Waals surface area contributed by atoms with Gasteiger partial charge >= 0.3 is 0 Å². The third kappa shape index (κ3) is 5.71. The highest BCUT2D eigenvalue weighted by Crippen LogP contribution is 2.20. The Hall–Kier alpha value is -2.05. The fraction of sp³-hybridized carbons (Fsp3) is 0.429. The second kappa shape index (κ2) is 8.76. The average molecular weight is 389 g/mol. The number of methoxy groups -OCH3 is 1. The molecule has 6 heteroatoms. The highest BCUT2D eigenvalue weighted by atomic mass is 32.2. The number of likely N-dealkylation sites (tertiary alicyclic amines) is 1. The molecule has 1 heterocycles. The van der Waals surface area contributed by atoms with Crippen molar-refractivity contribution < 1.29 is 13.2 Å². The van der Waals surface area contributed by atoms with Crippen molar-refractivity contribution in [2.75, 3.05) is 38.3 Å². The lowest BCUT2D eigenvalue weighted by Crippen LogP contribution is -2.40. The molecule has 1 N–H and O–H groups in total. The van der Waals surface area contributed by atoms with Gasteiger partial charge in [0.1, 0.15) is 5.75 Å². The van der Waals surface area contributed by atoms with Crippen molar-refractivity contribution in [1.29, 1.82) is 0 Å². The molecule has 1 fully saturated rings. The Labute approximate surface area is 162 Å². The molecule has 0 spiro atoms. The van der Waals surface area contributed by atoms with Crippen LogP contribution in [-0.2, 0) is 16.3 Å². The Morgan fingerprint density at radius 2 is 1.81 bits per heavy atom. The standard InChI is InChI=1S/C21H28N2O3S/c1-26-20-8-6-17(7-9-20)10-13-23-14-11-18(12-15-23)22-19-4-3-5-21(16-19)27(2,24)25/h3-9,16,18,22H,10-15H2,1-2H3. The molecule has 1 aliphatic rings. The van der Waals surface area contributed by atoms with Crippen LogP contribution in [0.3, 0.4) is 0 Å². The minimum Gasteiger partial charge on any atom is -0.497 e. The van der Waals surface area contributed by atoms with E-state index in [4.69, 9.17) is 4.74 Å². The third-order valence-corrected chi connectivity index (χ3v) is 6.21. The zero-order chi connectivity index (χ0) is 19.3. The largest absolute Gasteiger partial charge is 0.497 e. The Balaban J connectivity index is 1.46. The normalized spacial score (nSPS) is 16.2. The van der Waals surface area contributed by atoms with Gasteiger partial charge in [-0.2, -0.15) is 0 Å². The number of benzene rings is 2. The number of nitrogens with zero attached hydrogens (tertiary/aromatic N) is 1. The van der Waals surface area contributed by atoms with Gasteiger partial charge in [-0.25, -0.2) is 8.42 Å². The van der Waals surface area contributed by atoms with Gasteiger partial charge in [0.15, 0.2) is 9.84 Å². The summed E-state index contributed by atoms with van der Waals surface area (Å²) in [5.41, 5.74) is 2.21. The van der Waals surface area contributed by atoms with Gasteiger partial charge in [-0.15, -0.1) is 0 Å². The van der Waals surface area contributed by atoms with Gasteiger partial charge in [-0.1, -0.05) is 18.2 Å².